The largest absolute Gasteiger partial charge is 0.389 e. The second-order valence-corrected chi connectivity index (χ2v) is 5.68. The Labute approximate surface area is 127 Å². The number of primary amides is 1. The zero-order valence-corrected chi connectivity index (χ0v) is 12.3. The Morgan fingerprint density at radius 3 is 2.76 bits per heavy atom. The van der Waals surface area contributed by atoms with E-state index in [2.05, 4.69) is 9.88 Å². The molecule has 4 N–H and O–H groups in total. The summed E-state index contributed by atoms with van der Waals surface area (Å²) >= 11 is 5.15. The van der Waals surface area contributed by atoms with Crippen LogP contribution >= 0.6 is 12.2 Å². The molecule has 1 atom stereocenters. The van der Waals surface area contributed by atoms with Gasteiger partial charge in [0, 0.05) is 24.7 Å². The predicted octanol–water partition coefficient (Wildman–Crippen LogP) is 1.18. The number of para-hydroxylation sites is 1. The van der Waals surface area contributed by atoms with Crippen LogP contribution in [-0.2, 0) is 4.79 Å². The number of nitrogens with two attached hydrogens (primary N) is 2. The molecule has 21 heavy (non-hydrogen) atoms. The van der Waals surface area contributed by atoms with E-state index >= 15 is 0 Å². The van der Waals surface area contributed by atoms with E-state index in [1.807, 2.05) is 24.3 Å². The Morgan fingerprint density at radius 2 is 2.10 bits per heavy atom. The molecule has 0 aliphatic carbocycles. The number of nitrogens with zero attached hydrogens (tertiary/aromatic N) is 2. The van der Waals surface area contributed by atoms with Crippen LogP contribution in [0.1, 0.15) is 12.0 Å². The van der Waals surface area contributed by atoms with Crippen LogP contribution in [0.4, 0.5) is 5.69 Å². The van der Waals surface area contributed by atoms with Crippen molar-refractivity contribution in [1.29, 1.82) is 0 Å². The Balaban J connectivity index is 2.13. The normalized spacial score (nSPS) is 18.1. The molecule has 1 aromatic carbocycles. The van der Waals surface area contributed by atoms with Crippen LogP contribution in [0.3, 0.4) is 0 Å². The number of hydrogen-bond donors (Lipinski definition) is 2. The van der Waals surface area contributed by atoms with Crippen molar-refractivity contribution in [2.24, 2.45) is 17.4 Å². The molecule has 5 nitrogen and oxygen atoms in total. The summed E-state index contributed by atoms with van der Waals surface area (Å²) < 4.78 is 0. The van der Waals surface area contributed by atoms with E-state index in [0.717, 1.165) is 35.1 Å². The molecule has 6 heteroatoms. The number of thiocarbonyl (C=S) groups is 1. The minimum absolute atomic E-state index is 0.129. The van der Waals surface area contributed by atoms with Crippen molar-refractivity contribution in [2.45, 2.75) is 6.42 Å². The lowest BCUT2D eigenvalue weighted by molar-refractivity contribution is -0.121. The maximum atomic E-state index is 11.4. The Bertz CT molecular complexity index is 731. The monoisotopic (exact) mass is 300 g/mol. The highest BCUT2D eigenvalue weighted by Gasteiger charge is 2.29. The molecule has 0 bridgehead atoms. The zero-order valence-electron chi connectivity index (χ0n) is 11.5. The summed E-state index contributed by atoms with van der Waals surface area (Å²) in [5, 5.41) is 0.993. The third kappa shape index (κ3) is 2.42. The number of fused-ring (bicyclic) bond motifs is 1. The van der Waals surface area contributed by atoms with Crippen LogP contribution in [-0.4, -0.2) is 29.0 Å². The first-order valence-corrected chi connectivity index (χ1v) is 7.20. The molecule has 1 unspecified atom stereocenters. The molecule has 1 amide bonds. The molecule has 1 aromatic heterocycles. The van der Waals surface area contributed by atoms with Crippen molar-refractivity contribution in [3.05, 3.63) is 36.0 Å². The Hall–Kier alpha value is -2.21. The van der Waals surface area contributed by atoms with Crippen molar-refractivity contribution < 1.29 is 4.79 Å². The molecule has 1 fully saturated rings. The third-order valence-electron chi connectivity index (χ3n) is 3.92. The molecular formula is C15H16N4OS. The molecule has 1 saturated heterocycles. The smallest absolute Gasteiger partial charge is 0.222 e. The maximum absolute atomic E-state index is 11.4. The molecule has 0 saturated carbocycles. The highest BCUT2D eigenvalue weighted by Crippen LogP contribution is 2.33. The van der Waals surface area contributed by atoms with E-state index < -0.39 is 0 Å². The summed E-state index contributed by atoms with van der Waals surface area (Å²) in [5.74, 6) is -0.385. The van der Waals surface area contributed by atoms with Crippen LogP contribution in [0.15, 0.2) is 30.5 Å². The van der Waals surface area contributed by atoms with E-state index in [1.165, 1.54) is 0 Å². The number of rotatable bonds is 3. The average molecular weight is 300 g/mol. The first-order valence-electron chi connectivity index (χ1n) is 6.79. The van der Waals surface area contributed by atoms with Gasteiger partial charge in [0.05, 0.1) is 22.7 Å². The summed E-state index contributed by atoms with van der Waals surface area (Å²) in [5.41, 5.74) is 13.8. The molecule has 3 rings (SSSR count). The van der Waals surface area contributed by atoms with E-state index in [4.69, 9.17) is 23.7 Å². The summed E-state index contributed by atoms with van der Waals surface area (Å²) in [7, 11) is 0. The topological polar surface area (TPSA) is 85.2 Å². The van der Waals surface area contributed by atoms with Crippen molar-refractivity contribution >= 4 is 39.7 Å². The van der Waals surface area contributed by atoms with Gasteiger partial charge in [0.2, 0.25) is 5.91 Å². The number of carbonyl (C=O) groups excluding carboxylic acids is 1. The molecular weight excluding hydrogens is 284 g/mol. The minimum atomic E-state index is -0.257. The van der Waals surface area contributed by atoms with E-state index in [0.29, 0.717) is 11.5 Å². The van der Waals surface area contributed by atoms with Crippen molar-refractivity contribution in [1.82, 2.24) is 4.98 Å². The fourth-order valence-electron chi connectivity index (χ4n) is 2.84. The summed E-state index contributed by atoms with van der Waals surface area (Å²) in [6.45, 7) is 1.36. The summed E-state index contributed by atoms with van der Waals surface area (Å²) in [4.78, 5) is 18.2. The molecule has 0 spiro atoms. The molecule has 0 radical (unpaired) electrons. The lowest BCUT2D eigenvalue weighted by Gasteiger charge is -2.23. The lowest BCUT2D eigenvalue weighted by atomic mass is 10.1. The average Bonchev–Trinajstić information content (AvgIpc) is 2.95. The second-order valence-electron chi connectivity index (χ2n) is 5.24. The van der Waals surface area contributed by atoms with Crippen LogP contribution < -0.4 is 16.4 Å². The fraction of sp³-hybridized carbons (Fsp3) is 0.267. The van der Waals surface area contributed by atoms with Gasteiger partial charge in [0.25, 0.3) is 0 Å². The van der Waals surface area contributed by atoms with Gasteiger partial charge in [-0.3, -0.25) is 9.78 Å². The van der Waals surface area contributed by atoms with Crippen LogP contribution in [0.5, 0.6) is 0 Å². The molecule has 2 heterocycles. The minimum Gasteiger partial charge on any atom is -0.389 e. The van der Waals surface area contributed by atoms with Gasteiger partial charge in [-0.15, -0.1) is 0 Å². The van der Waals surface area contributed by atoms with Crippen LogP contribution in [0.2, 0.25) is 0 Å². The van der Waals surface area contributed by atoms with Gasteiger partial charge in [0.15, 0.2) is 0 Å². The van der Waals surface area contributed by atoms with E-state index in [-0.39, 0.29) is 11.8 Å². The fourth-order valence-corrected chi connectivity index (χ4v) is 2.99. The molecule has 1 aliphatic heterocycles. The van der Waals surface area contributed by atoms with Gasteiger partial charge >= 0.3 is 0 Å². The first-order chi connectivity index (χ1) is 10.1. The number of amides is 1. The number of anilines is 1. The molecule has 2 aromatic rings. The summed E-state index contributed by atoms with van der Waals surface area (Å²) in [6, 6.07) is 7.84. The zero-order chi connectivity index (χ0) is 15.0. The number of aromatic nitrogens is 1. The Morgan fingerprint density at radius 1 is 1.33 bits per heavy atom. The van der Waals surface area contributed by atoms with Gasteiger partial charge in [-0.05, 0) is 12.5 Å². The summed E-state index contributed by atoms with van der Waals surface area (Å²) in [6.07, 6.45) is 2.46. The standard InChI is InChI=1S/C15H16N4OS/c16-14(20)9-5-6-19(8-9)13-10-3-1-2-4-12(10)18-7-11(13)15(17)21/h1-4,7,9H,5-6,8H2,(H2,16,20)(H2,17,21). The number of carbonyl (C=O) groups is 1. The van der Waals surface area contributed by atoms with Crippen molar-refractivity contribution in [3.8, 4) is 0 Å². The van der Waals surface area contributed by atoms with Gasteiger partial charge in [-0.25, -0.2) is 0 Å². The van der Waals surface area contributed by atoms with Crippen molar-refractivity contribution in [2.75, 3.05) is 18.0 Å². The second kappa shape index (κ2) is 5.29. The van der Waals surface area contributed by atoms with Gasteiger partial charge in [-0.1, -0.05) is 30.4 Å². The third-order valence-corrected chi connectivity index (χ3v) is 4.14. The van der Waals surface area contributed by atoms with Crippen LogP contribution in [0, 0.1) is 5.92 Å². The quantitative estimate of drug-likeness (QED) is 0.831. The first kappa shape index (κ1) is 13.8. The molecule has 108 valence electrons. The van der Waals surface area contributed by atoms with E-state index in [9.17, 15) is 4.79 Å². The van der Waals surface area contributed by atoms with Crippen LogP contribution in [0.25, 0.3) is 10.9 Å². The van der Waals surface area contributed by atoms with Crippen molar-refractivity contribution in [3.63, 3.8) is 0 Å². The van der Waals surface area contributed by atoms with Gasteiger partial charge in [-0.2, -0.15) is 0 Å². The lowest BCUT2D eigenvalue weighted by Crippen LogP contribution is -2.28. The number of pyridine rings is 1. The van der Waals surface area contributed by atoms with Gasteiger partial charge < -0.3 is 16.4 Å². The molecule has 1 aliphatic rings. The van der Waals surface area contributed by atoms with E-state index in [1.54, 1.807) is 6.20 Å². The SMILES string of the molecule is NC(=O)C1CCN(c2c(C(N)=S)cnc3ccccc23)C1. The highest BCUT2D eigenvalue weighted by atomic mass is 32.1. The van der Waals surface area contributed by atoms with Gasteiger partial charge in [0.1, 0.15) is 4.99 Å². The predicted molar refractivity (Wildman–Crippen MR) is 87.1 cm³/mol. The maximum Gasteiger partial charge on any atom is 0.222 e. The Kier molecular flexibility index (Phi) is 3.47. The number of benzene rings is 1. The number of hydrogen-bond acceptors (Lipinski definition) is 4. The highest BCUT2D eigenvalue weighted by molar-refractivity contribution is 7.80.